The number of anilines is 1. The van der Waals surface area contributed by atoms with Gasteiger partial charge in [-0.25, -0.2) is 9.69 Å². The number of aliphatic hydroxyl groups excluding tert-OH is 1. The summed E-state index contributed by atoms with van der Waals surface area (Å²) in [5, 5.41) is 17.5. The summed E-state index contributed by atoms with van der Waals surface area (Å²) >= 11 is 0. The van der Waals surface area contributed by atoms with Gasteiger partial charge in [0.15, 0.2) is 35.0 Å². The largest absolute Gasteiger partial charge is 0.493 e. The molecule has 1 saturated heterocycles. The SMILES string of the molecule is C.COc1cc2c(cc1OCCCOc1cc3c(cc1OC)C(=O)N1C=C(C)C[C@H]1[C@H](O)N3C(=O)OCc1ccc(CC(=O)[C@H](C)NC(=O)[C@@H](CC(=O)CCOCCOCCOCCOCCOCCOCCOCCOCCNC(=O)CCN3C(=O)CC(C)C3=O)C(C)C)cc1)N=C[C@@H]1CC(C)=CN1C2=O. The molecule has 3 aromatic rings. The highest BCUT2D eigenvalue weighted by Crippen LogP contribution is 2.43. The third-order valence-electron chi connectivity index (χ3n) is 18.2. The molecule has 3 aromatic carbocycles. The van der Waals surface area contributed by atoms with Gasteiger partial charge in [0.2, 0.25) is 23.6 Å². The van der Waals surface area contributed by atoms with E-state index in [0.717, 1.165) is 20.9 Å². The molecule has 30 nitrogen and oxygen atoms in total. The Hall–Kier alpha value is -8.72. The van der Waals surface area contributed by atoms with Gasteiger partial charge in [0.05, 0.1) is 174 Å². The zero-order chi connectivity index (χ0) is 76.1. The number of likely N-dealkylation sites (tertiary alicyclic amines) is 1. The molecule has 0 aliphatic carbocycles. The molecule has 5 aliphatic rings. The first kappa shape index (κ1) is 85.5. The highest BCUT2D eigenvalue weighted by molar-refractivity contribution is 6.07. The fraction of sp³-hybridized carbons (Fsp3) is 0.584. The number of hydrogen-bond donors (Lipinski definition) is 3. The van der Waals surface area contributed by atoms with Gasteiger partial charge in [0.1, 0.15) is 12.4 Å². The Labute approximate surface area is 625 Å². The summed E-state index contributed by atoms with van der Waals surface area (Å²) in [5.41, 5.74) is 4.08. The van der Waals surface area contributed by atoms with Crippen molar-refractivity contribution in [3.8, 4) is 23.0 Å². The molecule has 107 heavy (non-hydrogen) atoms. The molecule has 1 fully saturated rings. The van der Waals surface area contributed by atoms with Crippen molar-refractivity contribution < 1.29 is 110 Å². The molecule has 5 heterocycles. The smallest absolute Gasteiger partial charge is 0.416 e. The summed E-state index contributed by atoms with van der Waals surface area (Å²) in [6.07, 6.45) is 4.46. The van der Waals surface area contributed by atoms with Crippen LogP contribution in [0, 0.1) is 17.8 Å². The van der Waals surface area contributed by atoms with Crippen LogP contribution in [0.5, 0.6) is 23.0 Å². The van der Waals surface area contributed by atoms with E-state index in [1.54, 1.807) is 67.6 Å². The number of ketones is 2. The first-order chi connectivity index (χ1) is 51.1. The molecule has 0 saturated carbocycles. The topological polar surface area (TPSA) is 343 Å². The number of carbonyl (C=O) groups is 9. The van der Waals surface area contributed by atoms with Crippen LogP contribution in [0.25, 0.3) is 0 Å². The molecule has 0 aromatic heterocycles. The molecule has 30 heteroatoms. The molecule has 1 unspecified atom stereocenters. The summed E-state index contributed by atoms with van der Waals surface area (Å²) in [5.74, 6) is -2.22. The number of Topliss-reactive ketones (excluding diaryl/α,β-unsaturated/α-hetero) is 2. The minimum Gasteiger partial charge on any atom is -0.493 e. The molecule has 6 atom stereocenters. The van der Waals surface area contributed by atoms with E-state index in [1.807, 2.05) is 33.9 Å². The van der Waals surface area contributed by atoms with Crippen molar-refractivity contribution in [3.63, 3.8) is 0 Å². The molecule has 8 rings (SSSR count). The third kappa shape index (κ3) is 25.5. The van der Waals surface area contributed by atoms with Gasteiger partial charge in [0, 0.05) is 94.2 Å². The maximum Gasteiger partial charge on any atom is 0.416 e. The van der Waals surface area contributed by atoms with Gasteiger partial charge in [-0.3, -0.25) is 48.2 Å². The van der Waals surface area contributed by atoms with Crippen molar-refractivity contribution >= 4 is 70.7 Å². The first-order valence-electron chi connectivity index (χ1n) is 36.2. The summed E-state index contributed by atoms with van der Waals surface area (Å²) in [6.45, 7) is 16.9. The Morgan fingerprint density at radius 1 is 0.617 bits per heavy atom. The second-order valence-electron chi connectivity index (χ2n) is 26.6. The summed E-state index contributed by atoms with van der Waals surface area (Å²) in [4.78, 5) is 128. The van der Waals surface area contributed by atoms with E-state index in [0.29, 0.717) is 152 Å². The number of aliphatic hydroxyl groups is 1. The van der Waals surface area contributed by atoms with Gasteiger partial charge in [-0.05, 0) is 62.8 Å². The Morgan fingerprint density at radius 2 is 1.14 bits per heavy atom. The molecule has 588 valence electrons. The number of imide groups is 1. The normalized spacial score (nSPS) is 17.8. The van der Waals surface area contributed by atoms with Crippen LogP contribution in [0.1, 0.15) is 126 Å². The molecule has 3 N–H and O–H groups in total. The van der Waals surface area contributed by atoms with Gasteiger partial charge in [-0.15, -0.1) is 0 Å². The predicted octanol–water partition coefficient (Wildman–Crippen LogP) is 6.89. The van der Waals surface area contributed by atoms with E-state index in [-0.39, 0.29) is 155 Å². The van der Waals surface area contributed by atoms with E-state index >= 15 is 0 Å². The van der Waals surface area contributed by atoms with Crippen molar-refractivity contribution in [2.45, 2.75) is 131 Å². The number of hydrogen-bond acceptors (Lipinski definition) is 24. The van der Waals surface area contributed by atoms with E-state index in [1.165, 1.54) is 31.3 Å². The van der Waals surface area contributed by atoms with E-state index in [4.69, 9.17) is 61.6 Å². The lowest BCUT2D eigenvalue weighted by molar-refractivity contribution is -0.139. The zero-order valence-corrected chi connectivity index (χ0v) is 62.1. The lowest BCUT2D eigenvalue weighted by atomic mass is 9.88. The quantitative estimate of drug-likeness (QED) is 0.0383. The third-order valence-corrected chi connectivity index (χ3v) is 18.2. The Balaban J connectivity index is 0.0000160. The number of aliphatic imine (C=N–C) groups is 1. The summed E-state index contributed by atoms with van der Waals surface area (Å²) < 4.78 is 73.7. The molecule has 0 radical (unpaired) electrons. The highest BCUT2D eigenvalue weighted by Gasteiger charge is 2.45. The number of rotatable bonds is 48. The first-order valence-corrected chi connectivity index (χ1v) is 36.2. The van der Waals surface area contributed by atoms with Crippen LogP contribution in [0.3, 0.4) is 0 Å². The van der Waals surface area contributed by atoms with Crippen molar-refractivity contribution in [3.05, 3.63) is 94.3 Å². The van der Waals surface area contributed by atoms with Gasteiger partial charge in [-0.1, -0.05) is 63.6 Å². The van der Waals surface area contributed by atoms with Gasteiger partial charge in [0.25, 0.3) is 11.8 Å². The average Bonchev–Trinajstić information content (AvgIpc) is 1.62. The van der Waals surface area contributed by atoms with Crippen LogP contribution < -0.4 is 34.5 Å². The van der Waals surface area contributed by atoms with Gasteiger partial charge < -0.3 is 87.1 Å². The fourth-order valence-electron chi connectivity index (χ4n) is 12.3. The Kier molecular flexibility index (Phi) is 35.1. The Morgan fingerprint density at radius 3 is 1.70 bits per heavy atom. The average molecular weight is 1500 g/mol. The molecular weight excluding hydrogens is 1390 g/mol. The second kappa shape index (κ2) is 43.9. The maximum atomic E-state index is 14.3. The lowest BCUT2D eigenvalue weighted by Crippen LogP contribution is -2.50. The van der Waals surface area contributed by atoms with E-state index in [2.05, 4.69) is 15.6 Å². The van der Waals surface area contributed by atoms with Crippen molar-refractivity contribution in [2.75, 3.05) is 151 Å². The Bertz CT molecular complexity index is 3580. The van der Waals surface area contributed by atoms with Crippen LogP contribution in [0.15, 0.2) is 77.1 Å². The number of fused-ring (bicyclic) bond motifs is 4. The maximum absolute atomic E-state index is 14.3. The standard InChI is InChI=1S/C76H103N7O23.CH4/c1-49(2)58(40-57(84)15-20-96-22-24-98-26-28-100-30-32-102-34-35-103-33-31-101-29-27-99-25-23-97-21-16-77-69(86)14-17-80-70(87)38-52(5)72(80)89)71(88)79-53(6)64(85)39-54-10-12-55(13-11-54)48-106-76(93)83-62-44-68(66(95-8)42-60(62)74(91)82-47-51(4)37-63(82)75(83)92)105-19-9-18-104-67-43-61-59(41-65(67)94-7)73(90)81-46-50(3)36-56(81)45-78-61;/h10-13,41-47,49,52-53,56,58,63,75,92H,9,14-40,48H2,1-8H3,(H,77,86)(H,79,88);1H4/t52?,53-,56-,58-,63-,75-;/m0./s1. The number of amides is 7. The van der Waals surface area contributed by atoms with Crippen LogP contribution in [0.2, 0.25) is 0 Å². The molecule has 5 aliphatic heterocycles. The number of carbonyl (C=O) groups excluding carboxylic acids is 9. The van der Waals surface area contributed by atoms with Crippen LogP contribution in [-0.2, 0) is 84.4 Å². The van der Waals surface area contributed by atoms with Crippen LogP contribution in [0.4, 0.5) is 16.2 Å². The fourth-order valence-corrected chi connectivity index (χ4v) is 12.3. The second-order valence-corrected chi connectivity index (χ2v) is 26.6. The molecule has 7 amide bonds. The number of ether oxygens (including phenoxy) is 13. The van der Waals surface area contributed by atoms with Crippen molar-refractivity contribution in [1.29, 1.82) is 0 Å². The van der Waals surface area contributed by atoms with Gasteiger partial charge >= 0.3 is 6.09 Å². The molecular formula is C77H107N7O23. The number of benzene rings is 3. The van der Waals surface area contributed by atoms with Crippen LogP contribution >= 0.6 is 0 Å². The highest BCUT2D eigenvalue weighted by atomic mass is 16.6. The number of methoxy groups -OCH3 is 2. The van der Waals surface area contributed by atoms with Crippen molar-refractivity contribution in [1.82, 2.24) is 25.3 Å². The van der Waals surface area contributed by atoms with E-state index in [9.17, 15) is 48.3 Å². The van der Waals surface area contributed by atoms with Gasteiger partial charge in [-0.2, -0.15) is 0 Å². The monoisotopic (exact) mass is 1500 g/mol. The van der Waals surface area contributed by atoms with Crippen molar-refractivity contribution in [2.24, 2.45) is 22.7 Å². The van der Waals surface area contributed by atoms with Crippen LogP contribution in [-0.4, -0.2) is 250 Å². The number of nitrogens with one attached hydrogen (secondary N) is 2. The number of nitrogens with zero attached hydrogens (tertiary/aromatic N) is 5. The lowest BCUT2D eigenvalue weighted by Gasteiger charge is -2.31. The minimum absolute atomic E-state index is 0. The predicted molar refractivity (Wildman–Crippen MR) is 392 cm³/mol. The summed E-state index contributed by atoms with van der Waals surface area (Å²) in [6, 6.07) is 11.2. The minimum atomic E-state index is -1.53. The zero-order valence-electron chi connectivity index (χ0n) is 62.1. The summed E-state index contributed by atoms with van der Waals surface area (Å²) in [7, 11) is 2.92. The molecule has 0 bridgehead atoms. The molecule has 0 spiro atoms. The van der Waals surface area contributed by atoms with E-state index < -0.39 is 42.1 Å².